The van der Waals surface area contributed by atoms with E-state index in [4.69, 9.17) is 9.47 Å². The summed E-state index contributed by atoms with van der Waals surface area (Å²) in [5.74, 6) is -1.62. The normalized spacial score (nSPS) is 14.8. The first-order chi connectivity index (χ1) is 16.0. The summed E-state index contributed by atoms with van der Waals surface area (Å²) in [5, 5.41) is 9.93. The number of carboxylic acid groups (broad SMARTS) is 1. The number of hydrogen-bond donors (Lipinski definition) is 1. The van der Waals surface area contributed by atoms with Crippen molar-refractivity contribution < 1.29 is 29.0 Å². The fraction of sp³-hybridized carbons (Fsp3) is 0.423. The molecule has 1 N–H and O–H groups in total. The van der Waals surface area contributed by atoms with Crippen LogP contribution < -0.4 is 0 Å². The Labute approximate surface area is 194 Å². The number of rotatable bonds is 10. The zero-order valence-electron chi connectivity index (χ0n) is 18.7. The van der Waals surface area contributed by atoms with E-state index < -0.39 is 30.6 Å². The smallest absolute Gasteiger partial charge is 0.411 e. The standard InChI is InChI=1S/C26H31NO6/c28-24(32-18-21-12-6-2-7-13-21)17-27(26(31)33-19-22-14-8-3-9-15-22)23(25(29)30)16-20-10-4-1-5-11-20/h2-3,6-9,12-15,20,23H,1,4-5,10-11,16-19H2,(H,29,30)/t23-/m1/s1. The maximum Gasteiger partial charge on any atom is 0.411 e. The van der Waals surface area contributed by atoms with Gasteiger partial charge in [-0.2, -0.15) is 0 Å². The Balaban J connectivity index is 1.69. The van der Waals surface area contributed by atoms with Crippen LogP contribution in [0.2, 0.25) is 0 Å². The molecule has 1 saturated carbocycles. The number of carbonyl (C=O) groups is 3. The van der Waals surface area contributed by atoms with E-state index >= 15 is 0 Å². The Morgan fingerprint density at radius 3 is 1.94 bits per heavy atom. The molecule has 0 radical (unpaired) electrons. The van der Waals surface area contributed by atoms with Crippen LogP contribution in [0.3, 0.4) is 0 Å². The van der Waals surface area contributed by atoms with E-state index in [2.05, 4.69) is 0 Å². The number of amides is 1. The molecule has 1 aliphatic carbocycles. The molecule has 0 bridgehead atoms. The number of carboxylic acids is 1. The van der Waals surface area contributed by atoms with Crippen molar-refractivity contribution in [2.75, 3.05) is 6.54 Å². The molecule has 2 aromatic carbocycles. The van der Waals surface area contributed by atoms with Gasteiger partial charge in [0.1, 0.15) is 25.8 Å². The third-order valence-electron chi connectivity index (χ3n) is 5.92. The molecule has 3 rings (SSSR count). The van der Waals surface area contributed by atoms with Crippen molar-refractivity contribution in [3.63, 3.8) is 0 Å². The third kappa shape index (κ3) is 7.93. The van der Waals surface area contributed by atoms with Gasteiger partial charge in [-0.15, -0.1) is 0 Å². The number of esters is 1. The Morgan fingerprint density at radius 2 is 1.39 bits per heavy atom. The zero-order chi connectivity index (χ0) is 23.5. The average Bonchev–Trinajstić information content (AvgIpc) is 2.85. The largest absolute Gasteiger partial charge is 0.480 e. The highest BCUT2D eigenvalue weighted by atomic mass is 16.6. The van der Waals surface area contributed by atoms with E-state index in [1.54, 1.807) is 0 Å². The molecule has 2 aromatic rings. The highest BCUT2D eigenvalue weighted by molar-refractivity contribution is 5.84. The van der Waals surface area contributed by atoms with Crippen molar-refractivity contribution in [1.82, 2.24) is 4.90 Å². The van der Waals surface area contributed by atoms with Gasteiger partial charge >= 0.3 is 18.0 Å². The molecule has 0 aromatic heterocycles. The lowest BCUT2D eigenvalue weighted by molar-refractivity contribution is -0.150. The fourth-order valence-corrected chi connectivity index (χ4v) is 4.13. The van der Waals surface area contributed by atoms with Crippen LogP contribution in [-0.4, -0.2) is 40.6 Å². The molecular weight excluding hydrogens is 422 g/mol. The molecule has 176 valence electrons. The Bertz CT molecular complexity index is 896. The number of hydrogen-bond acceptors (Lipinski definition) is 5. The van der Waals surface area contributed by atoms with Gasteiger partial charge in [-0.25, -0.2) is 9.59 Å². The van der Waals surface area contributed by atoms with E-state index in [9.17, 15) is 19.5 Å². The van der Waals surface area contributed by atoms with E-state index in [-0.39, 0.29) is 19.1 Å². The summed E-state index contributed by atoms with van der Waals surface area (Å²) in [7, 11) is 0. The van der Waals surface area contributed by atoms with Crippen LogP contribution in [-0.2, 0) is 32.3 Å². The van der Waals surface area contributed by atoms with Crippen LogP contribution in [0, 0.1) is 5.92 Å². The van der Waals surface area contributed by atoms with Crippen molar-refractivity contribution >= 4 is 18.0 Å². The van der Waals surface area contributed by atoms with E-state index in [1.165, 1.54) is 0 Å². The first-order valence-corrected chi connectivity index (χ1v) is 11.4. The Kier molecular flexibility index (Phi) is 9.30. The maximum atomic E-state index is 12.9. The fourth-order valence-electron chi connectivity index (χ4n) is 4.13. The van der Waals surface area contributed by atoms with Gasteiger partial charge in [-0.1, -0.05) is 92.8 Å². The molecule has 1 amide bonds. The minimum Gasteiger partial charge on any atom is -0.480 e. The van der Waals surface area contributed by atoms with Crippen LogP contribution in [0.4, 0.5) is 4.79 Å². The van der Waals surface area contributed by atoms with E-state index in [0.29, 0.717) is 6.42 Å². The zero-order valence-corrected chi connectivity index (χ0v) is 18.7. The Hall–Kier alpha value is -3.35. The van der Waals surface area contributed by atoms with E-state index in [1.807, 2.05) is 60.7 Å². The summed E-state index contributed by atoms with van der Waals surface area (Å²) in [5.41, 5.74) is 1.58. The summed E-state index contributed by atoms with van der Waals surface area (Å²) < 4.78 is 10.7. The van der Waals surface area contributed by atoms with Gasteiger partial charge in [-0.05, 0) is 23.5 Å². The number of aliphatic carboxylic acids is 1. The highest BCUT2D eigenvalue weighted by Gasteiger charge is 2.35. The lowest BCUT2D eigenvalue weighted by Crippen LogP contribution is -2.49. The number of benzene rings is 2. The predicted molar refractivity (Wildman–Crippen MR) is 122 cm³/mol. The minimum atomic E-state index is -1.15. The molecule has 0 unspecified atom stereocenters. The van der Waals surface area contributed by atoms with Crippen LogP contribution in [0.5, 0.6) is 0 Å². The second-order valence-electron chi connectivity index (χ2n) is 8.41. The molecule has 0 aliphatic heterocycles. The van der Waals surface area contributed by atoms with E-state index in [0.717, 1.165) is 48.1 Å². The minimum absolute atomic E-state index is 0.00892. The molecule has 0 spiro atoms. The second kappa shape index (κ2) is 12.6. The lowest BCUT2D eigenvalue weighted by atomic mass is 9.84. The monoisotopic (exact) mass is 453 g/mol. The summed E-state index contributed by atoms with van der Waals surface area (Å²) in [6.45, 7) is -0.442. The SMILES string of the molecule is O=C(CN(C(=O)OCc1ccccc1)[C@H](CC1CCCCC1)C(=O)O)OCc1ccccc1. The first kappa shape index (κ1) is 24.3. The van der Waals surface area contributed by atoms with Gasteiger partial charge < -0.3 is 14.6 Å². The van der Waals surface area contributed by atoms with Crippen molar-refractivity contribution in [2.45, 2.75) is 57.8 Å². The molecule has 1 atom stereocenters. The summed E-state index contributed by atoms with van der Waals surface area (Å²) in [6.07, 6.45) is 4.55. The molecule has 7 nitrogen and oxygen atoms in total. The van der Waals surface area contributed by atoms with Crippen molar-refractivity contribution in [1.29, 1.82) is 0 Å². The van der Waals surface area contributed by atoms with Crippen molar-refractivity contribution in [3.8, 4) is 0 Å². The summed E-state index contributed by atoms with van der Waals surface area (Å²) in [4.78, 5) is 38.7. The predicted octanol–water partition coefficient (Wildman–Crippen LogP) is 4.79. The second-order valence-corrected chi connectivity index (χ2v) is 8.41. The van der Waals surface area contributed by atoms with Crippen LogP contribution in [0.1, 0.15) is 49.7 Å². The highest BCUT2D eigenvalue weighted by Crippen LogP contribution is 2.29. The molecule has 33 heavy (non-hydrogen) atoms. The van der Waals surface area contributed by atoms with Crippen LogP contribution in [0.15, 0.2) is 60.7 Å². The van der Waals surface area contributed by atoms with Gasteiger partial charge in [0.25, 0.3) is 0 Å². The first-order valence-electron chi connectivity index (χ1n) is 11.4. The quantitative estimate of drug-likeness (QED) is 0.520. The van der Waals surface area contributed by atoms with Gasteiger partial charge in [0.2, 0.25) is 0 Å². The van der Waals surface area contributed by atoms with Crippen LogP contribution >= 0.6 is 0 Å². The van der Waals surface area contributed by atoms with Gasteiger partial charge in [0.15, 0.2) is 0 Å². The maximum absolute atomic E-state index is 12.9. The Morgan fingerprint density at radius 1 is 0.848 bits per heavy atom. The number of carbonyl (C=O) groups excluding carboxylic acids is 2. The van der Waals surface area contributed by atoms with Crippen LogP contribution in [0.25, 0.3) is 0 Å². The topological polar surface area (TPSA) is 93.1 Å². The number of ether oxygens (including phenoxy) is 2. The van der Waals surface area contributed by atoms with Gasteiger partial charge in [0.05, 0.1) is 0 Å². The molecular formula is C26H31NO6. The molecule has 0 saturated heterocycles. The van der Waals surface area contributed by atoms with Gasteiger partial charge in [-0.3, -0.25) is 9.69 Å². The van der Waals surface area contributed by atoms with Crippen molar-refractivity contribution in [3.05, 3.63) is 71.8 Å². The van der Waals surface area contributed by atoms with Crippen molar-refractivity contribution in [2.24, 2.45) is 5.92 Å². The molecule has 1 aliphatic rings. The number of nitrogens with zero attached hydrogens (tertiary/aromatic N) is 1. The van der Waals surface area contributed by atoms with Gasteiger partial charge in [0, 0.05) is 0 Å². The lowest BCUT2D eigenvalue weighted by Gasteiger charge is -2.31. The molecule has 0 heterocycles. The summed E-state index contributed by atoms with van der Waals surface area (Å²) >= 11 is 0. The molecule has 1 fully saturated rings. The summed E-state index contributed by atoms with van der Waals surface area (Å²) in [6, 6.07) is 17.1. The average molecular weight is 454 g/mol. The third-order valence-corrected chi connectivity index (χ3v) is 5.92. The molecule has 7 heteroatoms.